The molecule has 0 saturated heterocycles. The largest absolute Gasteiger partial charge is 0.493 e. The molecule has 0 spiro atoms. The number of hydrogen-bond acceptors (Lipinski definition) is 6. The number of aromatic amines is 1. The summed E-state index contributed by atoms with van der Waals surface area (Å²) in [4.78, 5) is 25.5. The number of carbonyl (C=O) groups is 1. The van der Waals surface area contributed by atoms with E-state index < -0.39 is 0 Å². The second-order valence-corrected chi connectivity index (χ2v) is 8.68. The molecule has 0 aliphatic heterocycles. The van der Waals surface area contributed by atoms with Crippen molar-refractivity contribution in [3.05, 3.63) is 59.4 Å². The molecule has 2 heterocycles. The van der Waals surface area contributed by atoms with Crippen LogP contribution in [0, 0.1) is 5.92 Å². The zero-order chi connectivity index (χ0) is 22.7. The third kappa shape index (κ3) is 4.60. The Bertz CT molecular complexity index is 1200. The highest BCUT2D eigenvalue weighted by Crippen LogP contribution is 2.33. The molecule has 4 rings (SSSR count). The van der Waals surface area contributed by atoms with Gasteiger partial charge in [0, 0.05) is 10.9 Å². The Labute approximate surface area is 190 Å². The molecule has 32 heavy (non-hydrogen) atoms. The van der Waals surface area contributed by atoms with E-state index in [0.717, 1.165) is 33.1 Å². The van der Waals surface area contributed by atoms with Crippen molar-refractivity contribution in [3.8, 4) is 22.1 Å². The van der Waals surface area contributed by atoms with E-state index in [0.29, 0.717) is 11.5 Å². The summed E-state index contributed by atoms with van der Waals surface area (Å²) in [7, 11) is 3.21. The maximum Gasteiger partial charge on any atom is 0.226 e. The van der Waals surface area contributed by atoms with Gasteiger partial charge < -0.3 is 19.8 Å². The van der Waals surface area contributed by atoms with Gasteiger partial charge in [-0.05, 0) is 36.2 Å². The third-order valence-electron chi connectivity index (χ3n) is 5.21. The molecule has 2 aromatic carbocycles. The Hall–Kier alpha value is -3.39. The van der Waals surface area contributed by atoms with Crippen LogP contribution in [-0.4, -0.2) is 35.1 Å². The number of fused-ring (bicyclic) bond motifs is 1. The van der Waals surface area contributed by atoms with Crippen LogP contribution in [0.4, 0.5) is 0 Å². The van der Waals surface area contributed by atoms with Gasteiger partial charge in [-0.2, -0.15) is 0 Å². The van der Waals surface area contributed by atoms with Crippen molar-refractivity contribution < 1.29 is 14.3 Å². The molecule has 0 radical (unpaired) electrons. The number of para-hydroxylation sites is 2. The second-order valence-electron chi connectivity index (χ2n) is 7.82. The van der Waals surface area contributed by atoms with E-state index in [4.69, 9.17) is 9.47 Å². The van der Waals surface area contributed by atoms with Crippen molar-refractivity contribution >= 4 is 28.3 Å². The number of nitrogens with one attached hydrogen (secondary N) is 2. The number of carbonyl (C=O) groups excluding carboxylic acids is 1. The fraction of sp³-hybridized carbons (Fsp3) is 0.292. The number of hydrogen-bond donors (Lipinski definition) is 2. The number of aromatic nitrogens is 3. The molecule has 1 unspecified atom stereocenters. The van der Waals surface area contributed by atoms with Crippen molar-refractivity contribution in [3.63, 3.8) is 0 Å². The Kier molecular flexibility index (Phi) is 6.41. The van der Waals surface area contributed by atoms with Gasteiger partial charge in [-0.15, -0.1) is 11.3 Å². The Morgan fingerprint density at radius 3 is 2.59 bits per heavy atom. The fourth-order valence-electron chi connectivity index (χ4n) is 3.55. The monoisotopic (exact) mass is 450 g/mol. The highest BCUT2D eigenvalue weighted by atomic mass is 32.1. The van der Waals surface area contributed by atoms with Gasteiger partial charge in [0.1, 0.15) is 10.8 Å². The molecule has 0 saturated carbocycles. The summed E-state index contributed by atoms with van der Waals surface area (Å²) in [6, 6.07) is 13.3. The Morgan fingerprint density at radius 1 is 1.09 bits per heavy atom. The highest BCUT2D eigenvalue weighted by Gasteiger charge is 2.22. The summed E-state index contributed by atoms with van der Waals surface area (Å²) >= 11 is 1.50. The molecule has 0 fully saturated rings. The van der Waals surface area contributed by atoms with E-state index in [9.17, 15) is 4.79 Å². The fourth-order valence-corrected chi connectivity index (χ4v) is 4.37. The van der Waals surface area contributed by atoms with Gasteiger partial charge in [0.15, 0.2) is 11.5 Å². The van der Waals surface area contributed by atoms with Crippen LogP contribution in [0.25, 0.3) is 21.6 Å². The van der Waals surface area contributed by atoms with Crippen LogP contribution < -0.4 is 14.8 Å². The Balaban J connectivity index is 1.47. The summed E-state index contributed by atoms with van der Waals surface area (Å²) in [5.41, 5.74) is 3.49. The molecule has 8 heteroatoms. The van der Waals surface area contributed by atoms with Gasteiger partial charge >= 0.3 is 0 Å². The first-order chi connectivity index (χ1) is 15.5. The van der Waals surface area contributed by atoms with Crippen molar-refractivity contribution in [1.82, 2.24) is 20.3 Å². The van der Waals surface area contributed by atoms with Crippen molar-refractivity contribution in [2.45, 2.75) is 26.3 Å². The van der Waals surface area contributed by atoms with Gasteiger partial charge in [-0.25, -0.2) is 9.97 Å². The minimum absolute atomic E-state index is 0.0895. The average molecular weight is 451 g/mol. The smallest absolute Gasteiger partial charge is 0.226 e. The molecule has 4 aromatic rings. The SMILES string of the molecule is COc1ccc(-c2nc(CC(=O)NC(c3nc4ccccc4[nH]3)C(C)C)cs2)cc1OC. The maximum atomic E-state index is 12.8. The van der Waals surface area contributed by atoms with Crippen molar-refractivity contribution in [1.29, 1.82) is 0 Å². The number of methoxy groups -OCH3 is 2. The van der Waals surface area contributed by atoms with Gasteiger partial charge in [0.2, 0.25) is 5.91 Å². The first kappa shape index (κ1) is 21.8. The van der Waals surface area contributed by atoms with E-state index >= 15 is 0 Å². The normalized spacial score (nSPS) is 12.2. The summed E-state index contributed by atoms with van der Waals surface area (Å²) in [5, 5.41) is 5.86. The first-order valence-corrected chi connectivity index (χ1v) is 11.3. The molecule has 2 N–H and O–H groups in total. The van der Waals surface area contributed by atoms with Crippen LogP contribution in [0.1, 0.15) is 31.4 Å². The summed E-state index contributed by atoms with van der Waals surface area (Å²) in [5.74, 6) is 2.16. The van der Waals surface area contributed by atoms with E-state index in [1.165, 1.54) is 11.3 Å². The van der Waals surface area contributed by atoms with Crippen molar-refractivity contribution in [2.24, 2.45) is 5.92 Å². The molecule has 1 amide bonds. The number of thiazole rings is 1. The van der Waals surface area contributed by atoms with Gasteiger partial charge in [-0.1, -0.05) is 26.0 Å². The lowest BCUT2D eigenvalue weighted by Crippen LogP contribution is -2.33. The summed E-state index contributed by atoms with van der Waals surface area (Å²) in [6.45, 7) is 4.13. The quantitative estimate of drug-likeness (QED) is 0.404. The minimum Gasteiger partial charge on any atom is -0.493 e. The number of H-pyrrole nitrogens is 1. The van der Waals surface area contributed by atoms with Crippen LogP contribution in [0.15, 0.2) is 47.8 Å². The van der Waals surface area contributed by atoms with Crippen LogP contribution in [0.5, 0.6) is 11.5 Å². The minimum atomic E-state index is -0.209. The van der Waals surface area contributed by atoms with Crippen LogP contribution in [0.2, 0.25) is 0 Å². The second kappa shape index (κ2) is 9.40. The predicted octanol–water partition coefficient (Wildman–Crippen LogP) is 4.76. The van der Waals surface area contributed by atoms with Gasteiger partial charge in [-0.3, -0.25) is 4.79 Å². The predicted molar refractivity (Wildman–Crippen MR) is 126 cm³/mol. The van der Waals surface area contributed by atoms with Crippen molar-refractivity contribution in [2.75, 3.05) is 14.2 Å². The zero-order valence-electron chi connectivity index (χ0n) is 18.5. The number of nitrogens with zero attached hydrogens (tertiary/aromatic N) is 2. The van der Waals surface area contributed by atoms with E-state index in [1.807, 2.05) is 47.8 Å². The highest BCUT2D eigenvalue weighted by molar-refractivity contribution is 7.13. The van der Waals surface area contributed by atoms with Crippen LogP contribution in [-0.2, 0) is 11.2 Å². The lowest BCUT2D eigenvalue weighted by Gasteiger charge is -2.20. The van der Waals surface area contributed by atoms with Crippen LogP contribution in [0.3, 0.4) is 0 Å². The Morgan fingerprint density at radius 2 is 1.88 bits per heavy atom. The summed E-state index contributed by atoms with van der Waals surface area (Å²) in [6.07, 6.45) is 0.202. The molecule has 0 bridgehead atoms. The molecular weight excluding hydrogens is 424 g/mol. The number of benzene rings is 2. The molecule has 166 valence electrons. The van der Waals surface area contributed by atoms with Gasteiger partial charge in [0.05, 0.1) is 43.4 Å². The van der Waals surface area contributed by atoms with E-state index in [-0.39, 0.29) is 24.3 Å². The van der Waals surface area contributed by atoms with Crippen LogP contribution >= 0.6 is 11.3 Å². The lowest BCUT2D eigenvalue weighted by molar-refractivity contribution is -0.121. The molecule has 0 aliphatic carbocycles. The number of ether oxygens (including phenoxy) is 2. The van der Waals surface area contributed by atoms with Gasteiger partial charge in [0.25, 0.3) is 0 Å². The molecular formula is C24H26N4O3S. The number of rotatable bonds is 8. The average Bonchev–Trinajstić information content (AvgIpc) is 3.43. The molecule has 2 aromatic heterocycles. The molecule has 1 atom stereocenters. The standard InChI is InChI=1S/C24H26N4O3S/c1-14(2)22(23-26-17-7-5-6-8-18(17)27-23)28-21(29)12-16-13-32-24(25-16)15-9-10-19(30-3)20(11-15)31-4/h5-11,13-14,22H,12H2,1-4H3,(H,26,27)(H,28,29). The zero-order valence-corrected chi connectivity index (χ0v) is 19.3. The first-order valence-electron chi connectivity index (χ1n) is 10.4. The number of imidazole rings is 1. The summed E-state index contributed by atoms with van der Waals surface area (Å²) < 4.78 is 10.7. The topological polar surface area (TPSA) is 89.1 Å². The van der Waals surface area contributed by atoms with E-state index in [1.54, 1.807) is 14.2 Å². The maximum absolute atomic E-state index is 12.8. The number of amides is 1. The molecule has 0 aliphatic rings. The third-order valence-corrected chi connectivity index (χ3v) is 6.15. The lowest BCUT2D eigenvalue weighted by atomic mass is 10.0. The molecule has 7 nitrogen and oxygen atoms in total. The van der Waals surface area contributed by atoms with E-state index in [2.05, 4.69) is 34.1 Å².